The summed E-state index contributed by atoms with van der Waals surface area (Å²) in [6.45, 7) is 2.24. The zero-order chi connectivity index (χ0) is 23.4. The maximum Gasteiger partial charge on any atom is 0.313 e. The number of carbonyl (C=O) groups excluding carboxylic acids is 4. The molecule has 0 spiro atoms. The van der Waals surface area contributed by atoms with Crippen LogP contribution in [0.25, 0.3) is 10.9 Å². The largest absolute Gasteiger partial charge is 0.361 e. The number of para-hydroxylation sites is 1. The minimum absolute atomic E-state index is 0.260. The van der Waals surface area contributed by atoms with Gasteiger partial charge in [0.2, 0.25) is 11.8 Å². The third kappa shape index (κ3) is 4.50. The Morgan fingerprint density at radius 3 is 2.52 bits per heavy atom. The molecule has 1 fully saturated rings. The second kappa shape index (κ2) is 9.28. The van der Waals surface area contributed by atoms with E-state index < -0.39 is 17.2 Å². The fourth-order valence-corrected chi connectivity index (χ4v) is 4.36. The number of H-pyrrole nitrogens is 1. The molecule has 1 aromatic heterocycles. The molecule has 0 aliphatic carbocycles. The highest BCUT2D eigenvalue weighted by molar-refractivity contribution is 6.39. The van der Waals surface area contributed by atoms with Gasteiger partial charge in [-0.2, -0.15) is 0 Å². The van der Waals surface area contributed by atoms with Gasteiger partial charge in [0.1, 0.15) is 0 Å². The van der Waals surface area contributed by atoms with Crippen LogP contribution >= 0.6 is 0 Å². The van der Waals surface area contributed by atoms with Gasteiger partial charge in [0.25, 0.3) is 0 Å². The van der Waals surface area contributed by atoms with Gasteiger partial charge in [0.05, 0.1) is 5.41 Å². The molecule has 1 atom stereocenters. The number of nitrogens with one attached hydrogen (secondary N) is 4. The van der Waals surface area contributed by atoms with Crippen molar-refractivity contribution in [1.82, 2.24) is 15.6 Å². The first-order chi connectivity index (χ1) is 15.9. The lowest BCUT2D eigenvalue weighted by Gasteiger charge is -2.35. The first-order valence-corrected chi connectivity index (χ1v) is 11.0. The lowest BCUT2D eigenvalue weighted by Crippen LogP contribution is -2.51. The number of hydrogen-bond donors (Lipinski definition) is 4. The van der Waals surface area contributed by atoms with E-state index in [0.717, 1.165) is 22.0 Å². The Labute approximate surface area is 191 Å². The van der Waals surface area contributed by atoms with Crippen molar-refractivity contribution in [3.8, 4) is 0 Å². The molecule has 1 aliphatic rings. The van der Waals surface area contributed by atoms with Gasteiger partial charge in [0.15, 0.2) is 0 Å². The van der Waals surface area contributed by atoms with Crippen LogP contribution in [0.15, 0.2) is 54.7 Å². The molecule has 0 bridgehead atoms. The third-order valence-corrected chi connectivity index (χ3v) is 6.33. The van der Waals surface area contributed by atoms with E-state index in [9.17, 15) is 19.2 Å². The van der Waals surface area contributed by atoms with Crippen molar-refractivity contribution in [1.29, 1.82) is 0 Å². The molecule has 8 nitrogen and oxygen atoms in total. The predicted octanol–water partition coefficient (Wildman–Crippen LogP) is 2.55. The van der Waals surface area contributed by atoms with Gasteiger partial charge >= 0.3 is 11.8 Å². The van der Waals surface area contributed by atoms with Gasteiger partial charge in [0, 0.05) is 35.8 Å². The van der Waals surface area contributed by atoms with Gasteiger partial charge in [-0.15, -0.1) is 0 Å². The minimum Gasteiger partial charge on any atom is -0.361 e. The van der Waals surface area contributed by atoms with Crippen LogP contribution in [-0.4, -0.2) is 35.2 Å². The fourth-order valence-electron chi connectivity index (χ4n) is 4.36. The predicted molar refractivity (Wildman–Crippen MR) is 124 cm³/mol. The average Bonchev–Trinajstić information content (AvgIpc) is 3.23. The zero-order valence-electron chi connectivity index (χ0n) is 18.4. The van der Waals surface area contributed by atoms with Gasteiger partial charge in [-0.1, -0.05) is 37.3 Å². The fraction of sp³-hybridized carbons (Fsp3) is 0.280. The summed E-state index contributed by atoms with van der Waals surface area (Å²) in [5.74, 6) is -2.03. The summed E-state index contributed by atoms with van der Waals surface area (Å²) >= 11 is 0. The summed E-state index contributed by atoms with van der Waals surface area (Å²) in [6, 6.07) is 14.7. The van der Waals surface area contributed by atoms with Crippen molar-refractivity contribution >= 4 is 40.2 Å². The molecule has 1 aliphatic heterocycles. The number of piperidine rings is 1. The SMILES string of the molecule is CC[C@@]1(c2ccc(NC(=O)C(=O)NCCc3c[nH]c4ccccc34)cc2)CCC(=O)NC1=O. The molecule has 2 heterocycles. The molecule has 0 radical (unpaired) electrons. The highest BCUT2D eigenvalue weighted by atomic mass is 16.2. The zero-order valence-corrected chi connectivity index (χ0v) is 18.4. The molecule has 4 amide bonds. The number of fused-ring (bicyclic) bond motifs is 1. The Bertz CT molecular complexity index is 1210. The Morgan fingerprint density at radius 2 is 1.79 bits per heavy atom. The Balaban J connectivity index is 1.33. The molecule has 0 saturated carbocycles. The van der Waals surface area contributed by atoms with E-state index >= 15 is 0 Å². The summed E-state index contributed by atoms with van der Waals surface area (Å²) in [5, 5.41) is 8.74. The Morgan fingerprint density at radius 1 is 1.03 bits per heavy atom. The molecule has 1 saturated heterocycles. The van der Waals surface area contributed by atoms with E-state index in [1.165, 1.54) is 0 Å². The van der Waals surface area contributed by atoms with Crippen molar-refractivity contribution in [2.24, 2.45) is 0 Å². The van der Waals surface area contributed by atoms with Crippen molar-refractivity contribution in [2.45, 2.75) is 38.0 Å². The van der Waals surface area contributed by atoms with Gasteiger partial charge in [-0.25, -0.2) is 0 Å². The van der Waals surface area contributed by atoms with Gasteiger partial charge < -0.3 is 15.6 Å². The minimum atomic E-state index is -0.768. The molecule has 8 heteroatoms. The number of imide groups is 1. The van der Waals surface area contributed by atoms with Crippen LogP contribution in [0.3, 0.4) is 0 Å². The van der Waals surface area contributed by atoms with Crippen LogP contribution in [0, 0.1) is 0 Å². The monoisotopic (exact) mass is 446 g/mol. The Hall–Kier alpha value is -3.94. The Kier molecular flexibility index (Phi) is 6.26. The molecule has 170 valence electrons. The van der Waals surface area contributed by atoms with E-state index in [4.69, 9.17) is 0 Å². The molecule has 0 unspecified atom stereocenters. The average molecular weight is 447 g/mol. The number of anilines is 1. The van der Waals surface area contributed by atoms with Crippen LogP contribution in [0.4, 0.5) is 5.69 Å². The van der Waals surface area contributed by atoms with E-state index in [1.807, 2.05) is 37.4 Å². The number of aromatic nitrogens is 1. The molecule has 4 N–H and O–H groups in total. The number of aromatic amines is 1. The number of carbonyl (C=O) groups is 4. The summed E-state index contributed by atoms with van der Waals surface area (Å²) in [6.07, 6.45) is 3.79. The normalized spacial score (nSPS) is 18.1. The second-order valence-corrected chi connectivity index (χ2v) is 8.21. The highest BCUT2D eigenvalue weighted by Crippen LogP contribution is 2.36. The standard InChI is InChI=1S/C25H26N4O4/c1-2-25(13-11-21(30)29-24(25)33)17-7-9-18(10-8-17)28-23(32)22(31)26-14-12-16-15-27-20-6-4-3-5-19(16)20/h3-10,15,27H,2,11-14H2,1H3,(H,26,31)(H,28,32)(H,29,30,33)/t25-/m0/s1. The van der Waals surface area contributed by atoms with Crippen LogP contribution < -0.4 is 16.0 Å². The lowest BCUT2D eigenvalue weighted by molar-refractivity contribution is -0.138. The number of hydrogen-bond acceptors (Lipinski definition) is 4. The maximum absolute atomic E-state index is 12.5. The van der Waals surface area contributed by atoms with E-state index in [2.05, 4.69) is 20.9 Å². The van der Waals surface area contributed by atoms with Crippen molar-refractivity contribution < 1.29 is 19.2 Å². The first kappa shape index (κ1) is 22.3. The number of benzene rings is 2. The van der Waals surface area contributed by atoms with E-state index in [-0.39, 0.29) is 18.2 Å². The van der Waals surface area contributed by atoms with E-state index in [0.29, 0.717) is 31.5 Å². The highest BCUT2D eigenvalue weighted by Gasteiger charge is 2.42. The van der Waals surface area contributed by atoms with Crippen LogP contribution in [0.2, 0.25) is 0 Å². The summed E-state index contributed by atoms with van der Waals surface area (Å²) in [7, 11) is 0. The summed E-state index contributed by atoms with van der Waals surface area (Å²) in [4.78, 5) is 51.7. The van der Waals surface area contributed by atoms with Crippen molar-refractivity contribution in [3.05, 3.63) is 65.9 Å². The van der Waals surface area contributed by atoms with Crippen LogP contribution in [0.5, 0.6) is 0 Å². The lowest BCUT2D eigenvalue weighted by atomic mass is 9.72. The van der Waals surface area contributed by atoms with Crippen molar-refractivity contribution in [3.63, 3.8) is 0 Å². The van der Waals surface area contributed by atoms with Gasteiger partial charge in [-0.05, 0) is 48.6 Å². The maximum atomic E-state index is 12.5. The van der Waals surface area contributed by atoms with E-state index in [1.54, 1.807) is 24.3 Å². The number of rotatable bonds is 6. The first-order valence-electron chi connectivity index (χ1n) is 11.0. The molecule has 3 aromatic rings. The molecular weight excluding hydrogens is 420 g/mol. The summed E-state index contributed by atoms with van der Waals surface area (Å²) in [5.41, 5.74) is 2.56. The number of amides is 4. The van der Waals surface area contributed by atoms with Crippen molar-refractivity contribution in [2.75, 3.05) is 11.9 Å². The topological polar surface area (TPSA) is 120 Å². The molecular formula is C25H26N4O4. The van der Waals surface area contributed by atoms with Crippen LogP contribution in [0.1, 0.15) is 37.3 Å². The third-order valence-electron chi connectivity index (χ3n) is 6.33. The van der Waals surface area contributed by atoms with Gasteiger partial charge in [-0.3, -0.25) is 24.5 Å². The second-order valence-electron chi connectivity index (χ2n) is 8.21. The molecule has 33 heavy (non-hydrogen) atoms. The van der Waals surface area contributed by atoms with Crippen LogP contribution in [-0.2, 0) is 31.0 Å². The summed E-state index contributed by atoms with van der Waals surface area (Å²) < 4.78 is 0. The molecule has 4 rings (SSSR count). The quantitative estimate of drug-likeness (QED) is 0.344. The molecule has 2 aromatic carbocycles. The smallest absolute Gasteiger partial charge is 0.313 e.